The number of aryl methyl sites for hydroxylation is 1. The van der Waals surface area contributed by atoms with E-state index < -0.39 is 41.2 Å². The van der Waals surface area contributed by atoms with Crippen LogP contribution in [-0.4, -0.2) is 91.2 Å². The number of aromatic nitrogens is 2. The van der Waals surface area contributed by atoms with Crippen molar-refractivity contribution >= 4 is 34.9 Å². The molecule has 12 nitrogen and oxygen atoms in total. The Hall–Kier alpha value is -3.93. The molecule has 1 saturated carbocycles. The predicted octanol–water partition coefficient (Wildman–Crippen LogP) is 3.21. The molecule has 3 fully saturated rings. The van der Waals surface area contributed by atoms with Crippen LogP contribution in [0.15, 0.2) is 36.4 Å². The van der Waals surface area contributed by atoms with Gasteiger partial charge in [-0.15, -0.1) is 0 Å². The van der Waals surface area contributed by atoms with Gasteiger partial charge in [0.25, 0.3) is 0 Å². The maximum absolute atomic E-state index is 14.3. The standard InChI is InChI=1S/C34H46N6O6/c1-33(2,3)46-32(45)36-25-14-9-7-5-6-8-12-22-16-34(22,31(43)44)37-29(41)28-23-19-39(17-21(23)18-40(28)30(25)42)20-27-35-24-13-10-11-15-26(24)38(27)4/h8,10-13,15,21-23,25,28H,5-7,9,14,16-20H2,1-4H3,(H,36,45)(H,37,41)(H,43,44)/b12-8-/t21-,22+,23-,25+,28-,34+/m0/s1. The molecular formula is C34H46N6O6. The van der Waals surface area contributed by atoms with Crippen molar-refractivity contribution in [2.24, 2.45) is 24.8 Å². The normalized spacial score (nSPS) is 31.2. The van der Waals surface area contributed by atoms with E-state index in [1.54, 1.807) is 25.7 Å². The van der Waals surface area contributed by atoms with Gasteiger partial charge in [0.15, 0.2) is 0 Å². The van der Waals surface area contributed by atoms with E-state index in [-0.39, 0.29) is 23.7 Å². The van der Waals surface area contributed by atoms with Crippen LogP contribution in [0, 0.1) is 17.8 Å². The lowest BCUT2D eigenvalue weighted by Gasteiger charge is -2.33. The number of carbonyl (C=O) groups is 4. The van der Waals surface area contributed by atoms with Gasteiger partial charge in [-0.05, 0) is 64.5 Å². The number of amides is 3. The number of carboxylic acids is 1. The molecule has 1 aromatic heterocycles. The number of allylic oxidation sites excluding steroid dienone is 1. The molecule has 0 unspecified atom stereocenters. The van der Waals surface area contributed by atoms with Crippen molar-refractivity contribution in [3.63, 3.8) is 0 Å². The van der Waals surface area contributed by atoms with Gasteiger partial charge in [-0.25, -0.2) is 14.6 Å². The van der Waals surface area contributed by atoms with E-state index in [1.165, 1.54) is 0 Å². The van der Waals surface area contributed by atoms with Gasteiger partial charge >= 0.3 is 12.1 Å². The number of benzene rings is 1. The molecule has 2 saturated heterocycles. The smallest absolute Gasteiger partial charge is 0.408 e. The van der Waals surface area contributed by atoms with Crippen LogP contribution in [0.5, 0.6) is 0 Å². The largest absolute Gasteiger partial charge is 0.479 e. The monoisotopic (exact) mass is 634 g/mol. The Morgan fingerprint density at radius 1 is 1.13 bits per heavy atom. The second-order valence-corrected chi connectivity index (χ2v) is 14.5. The second kappa shape index (κ2) is 12.4. The van der Waals surface area contributed by atoms with Crippen LogP contribution in [-0.2, 0) is 32.7 Å². The predicted molar refractivity (Wildman–Crippen MR) is 170 cm³/mol. The number of likely N-dealkylation sites (tertiary alicyclic amines) is 1. The zero-order valence-electron chi connectivity index (χ0n) is 27.2. The molecule has 1 aliphatic carbocycles. The fourth-order valence-corrected chi connectivity index (χ4v) is 7.58. The number of carbonyl (C=O) groups excluding carboxylic acids is 3. The van der Waals surface area contributed by atoms with Gasteiger partial charge in [-0.1, -0.05) is 37.1 Å². The summed E-state index contributed by atoms with van der Waals surface area (Å²) in [6.45, 7) is 7.46. The van der Waals surface area contributed by atoms with Gasteiger partial charge in [0, 0.05) is 38.5 Å². The topological polar surface area (TPSA) is 146 Å². The highest BCUT2D eigenvalue weighted by Crippen LogP contribution is 2.46. The Kier molecular flexibility index (Phi) is 8.60. The summed E-state index contributed by atoms with van der Waals surface area (Å²) in [5, 5.41) is 15.9. The van der Waals surface area contributed by atoms with E-state index in [2.05, 4.69) is 20.1 Å². The van der Waals surface area contributed by atoms with Crippen molar-refractivity contribution in [1.82, 2.24) is 30.0 Å². The first-order valence-electron chi connectivity index (χ1n) is 16.5. The first kappa shape index (κ1) is 32.0. The Balaban J connectivity index is 1.27. The van der Waals surface area contributed by atoms with Crippen LogP contribution in [0.1, 0.15) is 65.1 Å². The molecule has 6 atom stereocenters. The van der Waals surface area contributed by atoms with Crippen molar-refractivity contribution in [1.29, 1.82) is 0 Å². The molecule has 4 aliphatic rings. The maximum atomic E-state index is 14.3. The number of carboxylic acid groups (broad SMARTS) is 1. The summed E-state index contributed by atoms with van der Waals surface area (Å²) in [6.07, 6.45) is 7.19. The van der Waals surface area contributed by atoms with Gasteiger partial charge in [-0.3, -0.25) is 14.5 Å². The number of alkyl carbamates (subject to hydrolysis) is 1. The lowest BCUT2D eigenvalue weighted by Crippen LogP contribution is -2.58. The Labute approximate surface area is 269 Å². The molecule has 0 spiro atoms. The number of para-hydroxylation sites is 2. The average molecular weight is 635 g/mol. The number of imidazole rings is 1. The number of hydrogen-bond donors (Lipinski definition) is 3. The van der Waals surface area contributed by atoms with Gasteiger partial charge < -0.3 is 29.9 Å². The van der Waals surface area contributed by atoms with Crippen LogP contribution >= 0.6 is 0 Å². The first-order valence-corrected chi connectivity index (χ1v) is 16.5. The highest BCUT2D eigenvalue weighted by atomic mass is 16.6. The average Bonchev–Trinajstić information content (AvgIpc) is 3.20. The molecular weight excluding hydrogens is 588 g/mol. The fourth-order valence-electron chi connectivity index (χ4n) is 7.58. The van der Waals surface area contributed by atoms with Crippen molar-refractivity contribution < 1.29 is 29.0 Å². The molecule has 6 rings (SSSR count). The summed E-state index contributed by atoms with van der Waals surface area (Å²) in [5.74, 6) is -1.41. The molecule has 3 amide bonds. The van der Waals surface area contributed by atoms with E-state index in [0.29, 0.717) is 45.4 Å². The Morgan fingerprint density at radius 3 is 2.65 bits per heavy atom. The molecule has 248 valence electrons. The highest BCUT2D eigenvalue weighted by Gasteiger charge is 2.62. The summed E-state index contributed by atoms with van der Waals surface area (Å²) >= 11 is 0. The third-order valence-corrected chi connectivity index (χ3v) is 10.00. The molecule has 1 aromatic carbocycles. The lowest BCUT2D eigenvalue weighted by molar-refractivity contribution is -0.146. The number of rotatable bonds is 4. The van der Waals surface area contributed by atoms with E-state index >= 15 is 0 Å². The summed E-state index contributed by atoms with van der Waals surface area (Å²) in [7, 11) is 2.00. The minimum absolute atomic E-state index is 0.00567. The Bertz CT molecular complexity index is 1550. The third kappa shape index (κ3) is 6.36. The SMILES string of the molecule is Cn1c(CN2C[C@H]3CN4C(=O)[C@H](NC(=O)OC(C)(C)C)CCCCC/C=C\[C@@H]5C[C@@]5(C(=O)O)NC(=O)[C@@H]4[C@H]3C2)nc2ccccc21. The van der Waals surface area contributed by atoms with Crippen molar-refractivity contribution in [3.8, 4) is 0 Å². The minimum atomic E-state index is -1.37. The molecule has 2 aromatic rings. The number of nitrogens with zero attached hydrogens (tertiary/aromatic N) is 4. The number of hydrogen-bond acceptors (Lipinski definition) is 7. The quantitative estimate of drug-likeness (QED) is 0.435. The maximum Gasteiger partial charge on any atom is 0.408 e. The van der Waals surface area contributed by atoms with E-state index in [4.69, 9.17) is 9.72 Å². The van der Waals surface area contributed by atoms with E-state index in [0.717, 1.165) is 36.1 Å². The molecule has 0 radical (unpaired) electrons. The first-order chi connectivity index (χ1) is 21.9. The molecule has 4 heterocycles. The number of aliphatic carboxylic acids is 1. The van der Waals surface area contributed by atoms with E-state index in [9.17, 15) is 24.3 Å². The fraction of sp³-hybridized carbons (Fsp3) is 0.618. The van der Waals surface area contributed by atoms with Crippen molar-refractivity contribution in [2.75, 3.05) is 19.6 Å². The third-order valence-electron chi connectivity index (χ3n) is 10.00. The zero-order chi connectivity index (χ0) is 32.8. The van der Waals surface area contributed by atoms with Gasteiger partial charge in [-0.2, -0.15) is 0 Å². The Morgan fingerprint density at radius 2 is 1.91 bits per heavy atom. The van der Waals surface area contributed by atoms with Crippen LogP contribution < -0.4 is 10.6 Å². The summed E-state index contributed by atoms with van der Waals surface area (Å²) < 4.78 is 7.58. The van der Waals surface area contributed by atoms with Crippen molar-refractivity contribution in [2.45, 2.75) is 89.1 Å². The number of nitrogens with one attached hydrogen (secondary N) is 2. The van der Waals surface area contributed by atoms with Crippen LogP contribution in [0.4, 0.5) is 4.79 Å². The molecule has 0 bridgehead atoms. The molecule has 46 heavy (non-hydrogen) atoms. The molecule has 3 aliphatic heterocycles. The number of fused-ring (bicyclic) bond motifs is 5. The summed E-state index contributed by atoms with van der Waals surface area (Å²) in [5.41, 5.74) is -0.140. The molecule has 12 heteroatoms. The van der Waals surface area contributed by atoms with Crippen molar-refractivity contribution in [3.05, 3.63) is 42.2 Å². The second-order valence-electron chi connectivity index (χ2n) is 14.5. The van der Waals surface area contributed by atoms with Gasteiger partial charge in [0.05, 0.1) is 17.6 Å². The zero-order valence-corrected chi connectivity index (χ0v) is 27.2. The lowest BCUT2D eigenvalue weighted by atomic mass is 9.93. The minimum Gasteiger partial charge on any atom is -0.479 e. The van der Waals surface area contributed by atoms with Crippen LogP contribution in [0.3, 0.4) is 0 Å². The summed E-state index contributed by atoms with van der Waals surface area (Å²) in [6, 6.07) is 6.26. The number of ether oxygens (including phenoxy) is 1. The van der Waals surface area contributed by atoms with Crippen LogP contribution in [0.2, 0.25) is 0 Å². The van der Waals surface area contributed by atoms with Gasteiger partial charge in [0.2, 0.25) is 11.8 Å². The van der Waals surface area contributed by atoms with Crippen LogP contribution in [0.25, 0.3) is 11.0 Å². The molecule has 3 N–H and O–H groups in total. The summed E-state index contributed by atoms with van der Waals surface area (Å²) in [4.78, 5) is 62.5. The van der Waals surface area contributed by atoms with E-state index in [1.807, 2.05) is 43.5 Å². The highest BCUT2D eigenvalue weighted by molar-refractivity contribution is 5.96. The van der Waals surface area contributed by atoms with Gasteiger partial charge in [0.1, 0.15) is 29.0 Å².